The lowest BCUT2D eigenvalue weighted by Crippen LogP contribution is -2.23. The molecule has 2 aromatic heterocycles. The molecule has 0 spiro atoms. The number of ether oxygens (including phenoxy) is 1. The fraction of sp³-hybridized carbons (Fsp3) is 0.250. The van der Waals surface area contributed by atoms with Gasteiger partial charge in [-0.15, -0.1) is 11.3 Å². The Hall–Kier alpha value is -3.05. The maximum Gasteiger partial charge on any atom is 0.258 e. The summed E-state index contributed by atoms with van der Waals surface area (Å²) in [5, 5.41) is 4.74. The summed E-state index contributed by atoms with van der Waals surface area (Å²) in [5.74, 6) is -0.0246. The van der Waals surface area contributed by atoms with Crippen molar-refractivity contribution in [2.24, 2.45) is 0 Å². The predicted octanol–water partition coefficient (Wildman–Crippen LogP) is 4.26. The summed E-state index contributed by atoms with van der Waals surface area (Å²) in [6, 6.07) is 17.3. The number of aromatic nitrogens is 2. The number of anilines is 1. The summed E-state index contributed by atoms with van der Waals surface area (Å²) in [5.41, 5.74) is 1.90. The molecule has 0 atom stereocenters. The molecule has 0 radical (unpaired) electrons. The lowest BCUT2D eigenvalue weighted by atomic mass is 10.2. The Morgan fingerprint density at radius 1 is 1.12 bits per heavy atom. The monoisotopic (exact) mass is 498 g/mol. The van der Waals surface area contributed by atoms with Crippen molar-refractivity contribution in [2.75, 3.05) is 18.5 Å². The van der Waals surface area contributed by atoms with Crippen molar-refractivity contribution < 1.29 is 17.9 Å². The largest absolute Gasteiger partial charge is 0.382 e. The van der Waals surface area contributed by atoms with Crippen LogP contribution in [0, 0.1) is 0 Å². The van der Waals surface area contributed by atoms with Crippen LogP contribution in [0.3, 0.4) is 0 Å². The number of aryl methyl sites for hydroxylation is 1. The molecule has 0 saturated carbocycles. The van der Waals surface area contributed by atoms with Gasteiger partial charge in [-0.2, -0.15) is 0 Å². The molecule has 2 N–H and O–H groups in total. The molecule has 2 heterocycles. The predicted molar refractivity (Wildman–Crippen MR) is 134 cm³/mol. The molecule has 1 amide bonds. The lowest BCUT2D eigenvalue weighted by molar-refractivity contribution is 0.102. The van der Waals surface area contributed by atoms with Crippen molar-refractivity contribution >= 4 is 44.2 Å². The van der Waals surface area contributed by atoms with Crippen LogP contribution in [-0.4, -0.2) is 37.1 Å². The normalized spacial score (nSPS) is 11.7. The Balaban J connectivity index is 1.53. The fourth-order valence-electron chi connectivity index (χ4n) is 3.51. The third-order valence-electron chi connectivity index (χ3n) is 5.18. The summed E-state index contributed by atoms with van der Waals surface area (Å²) < 4.78 is 35.4. The minimum Gasteiger partial charge on any atom is -0.382 e. The summed E-state index contributed by atoms with van der Waals surface area (Å²) in [6.45, 7) is 4.02. The van der Waals surface area contributed by atoms with Gasteiger partial charge in [0, 0.05) is 36.7 Å². The molecular formula is C24H26N4O4S2. The van der Waals surface area contributed by atoms with E-state index >= 15 is 0 Å². The van der Waals surface area contributed by atoms with Gasteiger partial charge in [-0.25, -0.2) is 18.1 Å². The van der Waals surface area contributed by atoms with Crippen LogP contribution >= 0.6 is 11.3 Å². The van der Waals surface area contributed by atoms with Crippen LogP contribution in [0.15, 0.2) is 70.9 Å². The third-order valence-corrected chi connectivity index (χ3v) is 7.45. The first-order valence-electron chi connectivity index (χ1n) is 10.9. The minimum atomic E-state index is -3.77. The zero-order valence-electron chi connectivity index (χ0n) is 18.7. The van der Waals surface area contributed by atoms with Gasteiger partial charge >= 0.3 is 0 Å². The molecule has 0 bridgehead atoms. The maximum absolute atomic E-state index is 13.0. The second-order valence-electron chi connectivity index (χ2n) is 7.51. The van der Waals surface area contributed by atoms with Crippen LogP contribution in [0.4, 0.5) is 5.95 Å². The number of rotatable bonds is 11. The lowest BCUT2D eigenvalue weighted by Gasteiger charge is -2.11. The molecule has 10 heteroatoms. The van der Waals surface area contributed by atoms with Crippen LogP contribution in [0.2, 0.25) is 0 Å². The van der Waals surface area contributed by atoms with E-state index in [2.05, 4.69) is 15.0 Å². The number of imidazole rings is 1. The van der Waals surface area contributed by atoms with Crippen molar-refractivity contribution in [3.05, 3.63) is 76.5 Å². The van der Waals surface area contributed by atoms with Gasteiger partial charge in [-0.05, 0) is 55.1 Å². The number of thiophene rings is 1. The number of hydrogen-bond acceptors (Lipinski definition) is 6. The topological polar surface area (TPSA) is 102 Å². The van der Waals surface area contributed by atoms with Gasteiger partial charge in [0.2, 0.25) is 16.0 Å². The average molecular weight is 499 g/mol. The molecule has 0 saturated heterocycles. The molecule has 34 heavy (non-hydrogen) atoms. The number of sulfonamides is 1. The van der Waals surface area contributed by atoms with Crippen LogP contribution in [0.25, 0.3) is 11.0 Å². The van der Waals surface area contributed by atoms with Crippen LogP contribution in [0.5, 0.6) is 0 Å². The van der Waals surface area contributed by atoms with E-state index in [4.69, 9.17) is 4.74 Å². The SMILES string of the molecule is CCOCCCn1c(NC(=O)c2cccc(S(=O)(=O)NCc3cccs3)c2)nc2ccccc21. The highest BCUT2D eigenvalue weighted by molar-refractivity contribution is 7.89. The quantitative estimate of drug-likeness (QED) is 0.301. The molecule has 4 rings (SSSR count). The number of amides is 1. The Morgan fingerprint density at radius 3 is 2.76 bits per heavy atom. The Morgan fingerprint density at radius 2 is 1.97 bits per heavy atom. The highest BCUT2D eigenvalue weighted by Crippen LogP contribution is 2.21. The van der Waals surface area contributed by atoms with E-state index < -0.39 is 15.9 Å². The number of para-hydroxylation sites is 2. The highest BCUT2D eigenvalue weighted by Gasteiger charge is 2.18. The second kappa shape index (κ2) is 10.9. The van der Waals surface area contributed by atoms with Crippen molar-refractivity contribution in [3.8, 4) is 0 Å². The molecule has 0 aliphatic heterocycles. The first-order chi connectivity index (χ1) is 16.5. The van der Waals surface area contributed by atoms with E-state index in [9.17, 15) is 13.2 Å². The highest BCUT2D eigenvalue weighted by atomic mass is 32.2. The number of nitrogens with zero attached hydrogens (tertiary/aromatic N) is 2. The first-order valence-corrected chi connectivity index (χ1v) is 13.3. The molecule has 4 aromatic rings. The number of nitrogens with one attached hydrogen (secondary N) is 2. The van der Waals surface area contributed by atoms with Gasteiger partial charge < -0.3 is 9.30 Å². The average Bonchev–Trinajstić information content (AvgIpc) is 3.49. The number of carbonyl (C=O) groups is 1. The molecule has 0 aliphatic rings. The Labute approximate surface area is 202 Å². The van der Waals surface area contributed by atoms with Crippen LogP contribution < -0.4 is 10.0 Å². The summed E-state index contributed by atoms with van der Waals surface area (Å²) in [6.07, 6.45) is 0.765. The van der Waals surface area contributed by atoms with Crippen molar-refractivity contribution in [1.82, 2.24) is 14.3 Å². The van der Waals surface area contributed by atoms with Crippen molar-refractivity contribution in [3.63, 3.8) is 0 Å². The summed E-state index contributed by atoms with van der Waals surface area (Å²) in [7, 11) is -3.77. The van der Waals surface area contributed by atoms with E-state index in [1.54, 1.807) is 12.1 Å². The molecule has 0 unspecified atom stereocenters. The first kappa shape index (κ1) is 24.1. The third kappa shape index (κ3) is 5.71. The maximum atomic E-state index is 13.0. The smallest absolute Gasteiger partial charge is 0.258 e. The fourth-order valence-corrected chi connectivity index (χ4v) is 5.30. The van der Waals surface area contributed by atoms with Crippen molar-refractivity contribution in [2.45, 2.75) is 31.3 Å². The van der Waals surface area contributed by atoms with Crippen LogP contribution in [-0.2, 0) is 27.8 Å². The van der Waals surface area contributed by atoms with Crippen LogP contribution in [0.1, 0.15) is 28.6 Å². The van der Waals surface area contributed by atoms with E-state index in [1.807, 2.05) is 53.3 Å². The Bertz CT molecular complexity index is 1360. The van der Waals surface area contributed by atoms with Gasteiger partial charge in [0.05, 0.1) is 15.9 Å². The van der Waals surface area contributed by atoms with E-state index in [-0.39, 0.29) is 17.0 Å². The number of hydrogen-bond donors (Lipinski definition) is 2. The molecule has 2 aromatic carbocycles. The number of fused-ring (bicyclic) bond motifs is 1. The number of carbonyl (C=O) groups excluding carboxylic acids is 1. The zero-order valence-corrected chi connectivity index (χ0v) is 20.4. The second-order valence-corrected chi connectivity index (χ2v) is 10.3. The molecule has 8 nitrogen and oxygen atoms in total. The van der Waals surface area contributed by atoms with E-state index in [0.717, 1.165) is 22.3 Å². The number of benzene rings is 2. The van der Waals surface area contributed by atoms with Gasteiger partial charge in [0.1, 0.15) is 0 Å². The summed E-state index contributed by atoms with van der Waals surface area (Å²) >= 11 is 1.47. The van der Waals surface area contributed by atoms with Crippen molar-refractivity contribution in [1.29, 1.82) is 0 Å². The minimum absolute atomic E-state index is 0.0296. The molecule has 0 aliphatic carbocycles. The van der Waals surface area contributed by atoms with Gasteiger partial charge in [-0.3, -0.25) is 10.1 Å². The van der Waals surface area contributed by atoms with Gasteiger partial charge in [0.15, 0.2) is 0 Å². The standard InChI is InChI=1S/C24H26N4O4S2/c1-2-32-14-7-13-28-22-12-4-3-11-21(22)26-24(28)27-23(29)18-8-5-10-20(16-18)34(30,31)25-17-19-9-6-15-33-19/h3-6,8-12,15-16,25H,2,7,13-14,17H2,1H3,(H,26,27,29). The molecular weight excluding hydrogens is 472 g/mol. The van der Waals surface area contributed by atoms with Gasteiger partial charge in [-0.1, -0.05) is 24.3 Å². The van der Waals surface area contributed by atoms with Gasteiger partial charge in [0.25, 0.3) is 5.91 Å². The van der Waals surface area contributed by atoms with E-state index in [0.29, 0.717) is 25.7 Å². The summed E-state index contributed by atoms with van der Waals surface area (Å²) in [4.78, 5) is 18.5. The molecule has 0 fully saturated rings. The Kier molecular flexibility index (Phi) is 7.73. The molecule has 178 valence electrons. The zero-order chi connectivity index (χ0) is 24.0. The van der Waals surface area contributed by atoms with E-state index in [1.165, 1.54) is 23.5 Å².